The van der Waals surface area contributed by atoms with Gasteiger partial charge in [0.15, 0.2) is 0 Å². The molecule has 2 bridgehead atoms. The fraction of sp³-hybridized carbons (Fsp3) is 1.00. The van der Waals surface area contributed by atoms with E-state index in [1.165, 1.54) is 0 Å². The Kier molecular flexibility index (Phi) is 1.76. The first-order chi connectivity index (χ1) is 6.25. The van der Waals surface area contributed by atoms with Crippen LogP contribution in [0.3, 0.4) is 0 Å². The first kappa shape index (κ1) is 8.32. The number of rotatable bonds is 0. The lowest BCUT2D eigenvalue weighted by Gasteiger charge is -2.41. The van der Waals surface area contributed by atoms with Crippen molar-refractivity contribution in [1.82, 2.24) is 0 Å². The van der Waals surface area contributed by atoms with E-state index in [0.717, 1.165) is 35.5 Å². The highest BCUT2D eigenvalue weighted by Crippen LogP contribution is 2.59. The van der Waals surface area contributed by atoms with Gasteiger partial charge in [-0.25, -0.2) is 0 Å². The zero-order valence-electron chi connectivity index (χ0n) is 9.00. The highest BCUT2D eigenvalue weighted by Gasteiger charge is 2.50. The van der Waals surface area contributed by atoms with Crippen molar-refractivity contribution in [2.24, 2.45) is 35.5 Å². The van der Waals surface area contributed by atoms with Gasteiger partial charge in [0.25, 0.3) is 0 Å². The summed E-state index contributed by atoms with van der Waals surface area (Å²) >= 11 is 0. The molecule has 0 amide bonds. The van der Waals surface area contributed by atoms with Crippen LogP contribution in [0.2, 0.25) is 0 Å². The van der Waals surface area contributed by atoms with Crippen LogP contribution in [-0.4, -0.2) is 0 Å². The van der Waals surface area contributed by atoms with Crippen molar-refractivity contribution >= 4 is 0 Å². The quantitative estimate of drug-likeness (QED) is 0.530. The predicted molar refractivity (Wildman–Crippen MR) is 55.4 cm³/mol. The SMILES string of the molecule is C[C@@H]1CC2C(C[C@@H]1C)C1CC[C@H]2C1. The first-order valence-electron chi connectivity index (χ1n) is 6.25. The molecule has 74 valence electrons. The molecule has 3 rings (SSSR count). The van der Waals surface area contributed by atoms with Crippen LogP contribution in [0.1, 0.15) is 46.0 Å². The maximum atomic E-state index is 2.48. The minimum Gasteiger partial charge on any atom is -0.0622 e. The molecule has 3 unspecified atom stereocenters. The number of fused-ring (bicyclic) bond motifs is 5. The summed E-state index contributed by atoms with van der Waals surface area (Å²) in [6, 6.07) is 0. The maximum absolute atomic E-state index is 2.48. The van der Waals surface area contributed by atoms with Gasteiger partial charge in [0, 0.05) is 0 Å². The Morgan fingerprint density at radius 3 is 1.62 bits per heavy atom. The van der Waals surface area contributed by atoms with E-state index in [2.05, 4.69) is 13.8 Å². The third-order valence-corrected chi connectivity index (χ3v) is 5.53. The fourth-order valence-corrected chi connectivity index (χ4v) is 4.59. The van der Waals surface area contributed by atoms with Gasteiger partial charge in [-0.1, -0.05) is 13.8 Å². The molecule has 0 heteroatoms. The topological polar surface area (TPSA) is 0 Å². The van der Waals surface area contributed by atoms with Crippen molar-refractivity contribution in [3.05, 3.63) is 0 Å². The monoisotopic (exact) mass is 178 g/mol. The molecule has 13 heavy (non-hydrogen) atoms. The van der Waals surface area contributed by atoms with Crippen LogP contribution in [0, 0.1) is 35.5 Å². The Labute approximate surface area is 82.1 Å². The average molecular weight is 178 g/mol. The third kappa shape index (κ3) is 1.10. The standard InChI is InChI=1S/C13H22/c1-8-5-12-10-3-4-11(7-10)13(12)6-9(8)2/h8-13H,3-7H2,1-2H3/t8-,9+,10+,11?,12?,13?/m1/s1. The molecule has 0 aliphatic heterocycles. The summed E-state index contributed by atoms with van der Waals surface area (Å²) in [5, 5.41) is 0. The van der Waals surface area contributed by atoms with E-state index in [1.807, 2.05) is 0 Å². The van der Waals surface area contributed by atoms with Crippen LogP contribution in [-0.2, 0) is 0 Å². The van der Waals surface area contributed by atoms with Gasteiger partial charge >= 0.3 is 0 Å². The molecule has 3 aliphatic rings. The molecule has 0 N–H and O–H groups in total. The maximum Gasteiger partial charge on any atom is -0.0352 e. The molecule has 0 saturated heterocycles. The third-order valence-electron chi connectivity index (χ3n) is 5.53. The number of hydrogen-bond donors (Lipinski definition) is 0. The van der Waals surface area contributed by atoms with E-state index in [1.54, 1.807) is 32.1 Å². The van der Waals surface area contributed by atoms with E-state index in [9.17, 15) is 0 Å². The van der Waals surface area contributed by atoms with Crippen LogP contribution in [0.4, 0.5) is 0 Å². The lowest BCUT2D eigenvalue weighted by molar-refractivity contribution is 0.0854. The molecule has 6 atom stereocenters. The summed E-state index contributed by atoms with van der Waals surface area (Å²) in [7, 11) is 0. The van der Waals surface area contributed by atoms with Gasteiger partial charge in [-0.05, 0) is 67.6 Å². The van der Waals surface area contributed by atoms with Gasteiger partial charge in [-0.3, -0.25) is 0 Å². The average Bonchev–Trinajstić information content (AvgIpc) is 2.67. The minimum absolute atomic E-state index is 1.01. The Bertz CT molecular complexity index is 186. The van der Waals surface area contributed by atoms with Crippen LogP contribution >= 0.6 is 0 Å². The summed E-state index contributed by atoms with van der Waals surface area (Å²) in [6.45, 7) is 4.96. The van der Waals surface area contributed by atoms with Crippen molar-refractivity contribution in [3.63, 3.8) is 0 Å². The second-order valence-electron chi connectivity index (χ2n) is 6.09. The summed E-state index contributed by atoms with van der Waals surface area (Å²) in [6.07, 6.45) is 7.88. The molecule has 3 saturated carbocycles. The molecule has 0 spiro atoms. The van der Waals surface area contributed by atoms with Crippen LogP contribution in [0.5, 0.6) is 0 Å². The molecular formula is C13H22. The van der Waals surface area contributed by atoms with Gasteiger partial charge in [0.1, 0.15) is 0 Å². The summed E-state index contributed by atoms with van der Waals surface area (Å²) in [5.74, 6) is 6.66. The molecule has 3 aliphatic carbocycles. The Balaban J connectivity index is 1.81. The Morgan fingerprint density at radius 2 is 1.15 bits per heavy atom. The highest BCUT2D eigenvalue weighted by molar-refractivity contribution is 4.99. The van der Waals surface area contributed by atoms with Crippen LogP contribution in [0.25, 0.3) is 0 Å². The van der Waals surface area contributed by atoms with Crippen molar-refractivity contribution in [2.75, 3.05) is 0 Å². The smallest absolute Gasteiger partial charge is 0.0352 e. The molecular weight excluding hydrogens is 156 g/mol. The largest absolute Gasteiger partial charge is 0.0622 e. The van der Waals surface area contributed by atoms with E-state index < -0.39 is 0 Å². The molecule has 0 aromatic heterocycles. The molecule has 3 fully saturated rings. The van der Waals surface area contributed by atoms with E-state index in [0.29, 0.717) is 0 Å². The van der Waals surface area contributed by atoms with Gasteiger partial charge in [-0.2, -0.15) is 0 Å². The molecule has 0 nitrogen and oxygen atoms in total. The second kappa shape index (κ2) is 2.74. The summed E-state index contributed by atoms with van der Waals surface area (Å²) < 4.78 is 0. The van der Waals surface area contributed by atoms with E-state index in [-0.39, 0.29) is 0 Å². The van der Waals surface area contributed by atoms with Gasteiger partial charge in [-0.15, -0.1) is 0 Å². The van der Waals surface area contributed by atoms with Crippen molar-refractivity contribution in [2.45, 2.75) is 46.0 Å². The first-order valence-corrected chi connectivity index (χ1v) is 6.25. The normalized spacial score (nSPS) is 59.5. The molecule has 0 heterocycles. The fourth-order valence-electron chi connectivity index (χ4n) is 4.59. The van der Waals surface area contributed by atoms with Crippen molar-refractivity contribution < 1.29 is 0 Å². The number of hydrogen-bond acceptors (Lipinski definition) is 0. The minimum atomic E-state index is 1.01. The predicted octanol–water partition coefficient (Wildman–Crippen LogP) is 3.71. The molecule has 0 aromatic rings. The zero-order valence-corrected chi connectivity index (χ0v) is 9.00. The second-order valence-corrected chi connectivity index (χ2v) is 6.09. The van der Waals surface area contributed by atoms with Crippen LogP contribution < -0.4 is 0 Å². The van der Waals surface area contributed by atoms with Crippen LogP contribution in [0.15, 0.2) is 0 Å². The van der Waals surface area contributed by atoms with E-state index in [4.69, 9.17) is 0 Å². The summed E-state index contributed by atoms with van der Waals surface area (Å²) in [4.78, 5) is 0. The van der Waals surface area contributed by atoms with Crippen molar-refractivity contribution in [3.8, 4) is 0 Å². The lowest BCUT2D eigenvalue weighted by Crippen LogP contribution is -2.33. The van der Waals surface area contributed by atoms with E-state index >= 15 is 0 Å². The molecule has 0 radical (unpaired) electrons. The Morgan fingerprint density at radius 1 is 0.692 bits per heavy atom. The highest BCUT2D eigenvalue weighted by atomic mass is 14.5. The zero-order chi connectivity index (χ0) is 9.00. The van der Waals surface area contributed by atoms with Gasteiger partial charge in [0.2, 0.25) is 0 Å². The van der Waals surface area contributed by atoms with Crippen molar-refractivity contribution in [1.29, 1.82) is 0 Å². The molecule has 0 aromatic carbocycles. The Hall–Kier alpha value is 0. The van der Waals surface area contributed by atoms with Gasteiger partial charge < -0.3 is 0 Å². The summed E-state index contributed by atoms with van der Waals surface area (Å²) in [5.41, 5.74) is 0. The van der Waals surface area contributed by atoms with Gasteiger partial charge in [0.05, 0.1) is 0 Å². The lowest BCUT2D eigenvalue weighted by atomic mass is 9.64.